The van der Waals surface area contributed by atoms with Gasteiger partial charge in [0.05, 0.1) is 6.61 Å². The molecule has 1 atom stereocenters. The third-order valence-electron chi connectivity index (χ3n) is 8.56. The van der Waals surface area contributed by atoms with Crippen LogP contribution in [0.1, 0.15) is 168 Å². The third kappa shape index (κ3) is 41.3. The van der Waals surface area contributed by atoms with Crippen LogP contribution in [0.25, 0.3) is 0 Å². The van der Waals surface area contributed by atoms with Crippen molar-refractivity contribution in [2.75, 3.05) is 13.2 Å². The number of hydrogen-bond acceptors (Lipinski definition) is 5. The molecule has 5 heteroatoms. The van der Waals surface area contributed by atoms with Crippen LogP contribution in [-0.2, 0) is 19.1 Å². The number of unbranched alkanes of at least 4 members (excludes halogenated alkanes) is 11. The molecule has 0 saturated carbocycles. The first-order valence-electron chi connectivity index (χ1n) is 21.4. The summed E-state index contributed by atoms with van der Waals surface area (Å²) in [4.78, 5) is 24.3. The Balaban J connectivity index is 3.65. The van der Waals surface area contributed by atoms with Crippen molar-refractivity contribution in [1.29, 1.82) is 0 Å². The molecule has 5 nitrogen and oxygen atoms in total. The molecule has 0 bridgehead atoms. The lowest BCUT2D eigenvalue weighted by Crippen LogP contribution is -2.28. The van der Waals surface area contributed by atoms with Gasteiger partial charge in [-0.05, 0) is 89.9 Å². The van der Waals surface area contributed by atoms with Gasteiger partial charge in [0.1, 0.15) is 6.61 Å². The summed E-state index contributed by atoms with van der Waals surface area (Å²) < 4.78 is 10.6. The molecule has 0 rings (SSSR count). The summed E-state index contributed by atoms with van der Waals surface area (Å²) in [6, 6.07) is 0. The summed E-state index contributed by atoms with van der Waals surface area (Å²) >= 11 is 0. The minimum absolute atomic E-state index is 0.0979. The Labute approximate surface area is 331 Å². The van der Waals surface area contributed by atoms with E-state index in [4.69, 9.17) is 9.47 Å². The van der Waals surface area contributed by atoms with Crippen LogP contribution in [-0.4, -0.2) is 36.4 Å². The largest absolute Gasteiger partial charge is 0.462 e. The van der Waals surface area contributed by atoms with Crippen LogP contribution in [0.5, 0.6) is 0 Å². The maximum Gasteiger partial charge on any atom is 0.306 e. The van der Waals surface area contributed by atoms with Gasteiger partial charge >= 0.3 is 11.9 Å². The highest BCUT2D eigenvalue weighted by atomic mass is 16.6. The Morgan fingerprint density at radius 2 is 0.759 bits per heavy atom. The van der Waals surface area contributed by atoms with E-state index in [9.17, 15) is 14.7 Å². The molecule has 0 spiro atoms. The Bertz CT molecular complexity index is 1120. The number of aliphatic hydroxyl groups is 1. The lowest BCUT2D eigenvalue weighted by molar-refractivity contribution is -0.161. The second-order valence-electron chi connectivity index (χ2n) is 13.7. The molecule has 0 radical (unpaired) electrons. The minimum atomic E-state index is -0.810. The van der Waals surface area contributed by atoms with Crippen molar-refractivity contribution in [1.82, 2.24) is 0 Å². The van der Waals surface area contributed by atoms with Crippen LogP contribution in [0, 0.1) is 0 Å². The van der Waals surface area contributed by atoms with E-state index >= 15 is 0 Å². The molecule has 0 fully saturated rings. The summed E-state index contributed by atoms with van der Waals surface area (Å²) in [6.07, 6.45) is 63.0. The fourth-order valence-corrected chi connectivity index (χ4v) is 5.40. The summed E-state index contributed by atoms with van der Waals surface area (Å²) in [7, 11) is 0. The maximum atomic E-state index is 12.2. The lowest BCUT2D eigenvalue weighted by Gasteiger charge is -2.15. The van der Waals surface area contributed by atoms with Crippen molar-refractivity contribution in [2.24, 2.45) is 0 Å². The van der Waals surface area contributed by atoms with Crippen molar-refractivity contribution in [3.8, 4) is 0 Å². The van der Waals surface area contributed by atoms with Gasteiger partial charge in [0.2, 0.25) is 0 Å². The molecule has 0 saturated heterocycles. The van der Waals surface area contributed by atoms with E-state index < -0.39 is 6.10 Å². The van der Waals surface area contributed by atoms with Gasteiger partial charge in [0.15, 0.2) is 6.10 Å². The second kappa shape index (κ2) is 44.0. The number of allylic oxidation sites excluding steroid dienone is 18. The van der Waals surface area contributed by atoms with E-state index in [1.807, 2.05) is 0 Å². The summed E-state index contributed by atoms with van der Waals surface area (Å²) in [6.45, 7) is 3.84. The average molecular weight is 747 g/mol. The van der Waals surface area contributed by atoms with Crippen LogP contribution in [0.4, 0.5) is 0 Å². The molecule has 0 heterocycles. The first-order valence-corrected chi connectivity index (χ1v) is 21.4. The van der Waals surface area contributed by atoms with E-state index in [-0.39, 0.29) is 31.6 Å². The molecule has 54 heavy (non-hydrogen) atoms. The smallest absolute Gasteiger partial charge is 0.306 e. The molecule has 0 aliphatic heterocycles. The number of rotatable bonds is 37. The van der Waals surface area contributed by atoms with E-state index in [1.165, 1.54) is 51.4 Å². The summed E-state index contributed by atoms with van der Waals surface area (Å²) in [5.41, 5.74) is 0. The molecule has 0 aliphatic carbocycles. The SMILES string of the molecule is CC/C=C\C/C=C\C/C=C\C/C=C\C/C=C\CCCC(=O)OC(CO)COC(=O)CCCCCCCCCCCC/C=C\C/C=C\C/C=C\C/C=C\CC. The van der Waals surface area contributed by atoms with E-state index in [0.717, 1.165) is 83.5 Å². The first-order chi connectivity index (χ1) is 26.6. The Kier molecular flexibility index (Phi) is 41.2. The van der Waals surface area contributed by atoms with Gasteiger partial charge in [-0.25, -0.2) is 0 Å². The predicted octanol–water partition coefficient (Wildman–Crippen LogP) is 13.8. The zero-order valence-electron chi connectivity index (χ0n) is 34.4. The number of aliphatic hydroxyl groups excluding tert-OH is 1. The maximum absolute atomic E-state index is 12.2. The second-order valence-corrected chi connectivity index (χ2v) is 13.7. The molecule has 304 valence electrons. The molecule has 0 aliphatic rings. The Morgan fingerprint density at radius 1 is 0.426 bits per heavy atom. The number of esters is 2. The van der Waals surface area contributed by atoms with E-state index in [1.54, 1.807) is 0 Å². The van der Waals surface area contributed by atoms with Gasteiger partial charge in [0.25, 0.3) is 0 Å². The third-order valence-corrected chi connectivity index (χ3v) is 8.56. The van der Waals surface area contributed by atoms with Crippen LogP contribution in [0.2, 0.25) is 0 Å². The van der Waals surface area contributed by atoms with Crippen molar-refractivity contribution >= 4 is 11.9 Å². The molecule has 0 aromatic rings. The van der Waals surface area contributed by atoms with Crippen LogP contribution in [0.15, 0.2) is 109 Å². The van der Waals surface area contributed by atoms with E-state index in [2.05, 4.69) is 123 Å². The van der Waals surface area contributed by atoms with Gasteiger partial charge in [-0.15, -0.1) is 0 Å². The normalized spacial score (nSPS) is 13.3. The fraction of sp³-hybridized carbons (Fsp3) is 0.592. The van der Waals surface area contributed by atoms with Gasteiger partial charge in [0, 0.05) is 12.8 Å². The average Bonchev–Trinajstić information content (AvgIpc) is 3.17. The predicted molar refractivity (Wildman–Crippen MR) is 232 cm³/mol. The standard InChI is InChI=1S/C49H78O5/c1-3-5-7-9-11-13-15-17-19-21-22-23-24-25-26-28-29-31-33-35-37-39-41-43-48(51)53-46-47(45-50)54-49(52)44-42-40-38-36-34-32-30-27-20-18-16-14-12-10-8-6-4-2/h5-8,11-14,17-20,22-23,30,32,36,38,47,50H,3-4,9-10,15-16,21,24-29,31,33-35,37,39-46H2,1-2H3/b7-5-,8-6-,13-11-,14-12-,19-17-,20-18-,23-22-,32-30-,38-36-. The number of ether oxygens (including phenoxy) is 2. The van der Waals surface area contributed by atoms with Crippen LogP contribution < -0.4 is 0 Å². The van der Waals surface area contributed by atoms with Crippen molar-refractivity contribution in [2.45, 2.75) is 174 Å². The minimum Gasteiger partial charge on any atom is -0.462 e. The highest BCUT2D eigenvalue weighted by Gasteiger charge is 2.15. The topological polar surface area (TPSA) is 72.8 Å². The van der Waals surface area contributed by atoms with E-state index in [0.29, 0.717) is 12.8 Å². The molecule has 1 N–H and O–H groups in total. The number of hydrogen-bond donors (Lipinski definition) is 1. The molecule has 0 amide bonds. The first kappa shape index (κ1) is 50.6. The number of carbonyl (C=O) groups is 2. The van der Waals surface area contributed by atoms with Gasteiger partial charge in [-0.3, -0.25) is 9.59 Å². The summed E-state index contributed by atoms with van der Waals surface area (Å²) in [5, 5.41) is 9.57. The highest BCUT2D eigenvalue weighted by molar-refractivity contribution is 5.70. The molecule has 1 unspecified atom stereocenters. The molecular formula is C49H78O5. The summed E-state index contributed by atoms with van der Waals surface area (Å²) in [5.74, 6) is -0.674. The molecular weight excluding hydrogens is 669 g/mol. The highest BCUT2D eigenvalue weighted by Crippen LogP contribution is 2.13. The van der Waals surface area contributed by atoms with Crippen molar-refractivity contribution in [3.63, 3.8) is 0 Å². The zero-order valence-corrected chi connectivity index (χ0v) is 34.4. The Morgan fingerprint density at radius 3 is 1.17 bits per heavy atom. The molecule has 0 aromatic heterocycles. The monoisotopic (exact) mass is 747 g/mol. The fourth-order valence-electron chi connectivity index (χ4n) is 5.40. The quantitative estimate of drug-likeness (QED) is 0.0389. The van der Waals surface area contributed by atoms with Crippen molar-refractivity contribution < 1.29 is 24.2 Å². The molecule has 0 aromatic carbocycles. The zero-order chi connectivity index (χ0) is 39.3. The van der Waals surface area contributed by atoms with Gasteiger partial charge in [-0.2, -0.15) is 0 Å². The van der Waals surface area contributed by atoms with Crippen molar-refractivity contribution in [3.05, 3.63) is 109 Å². The Hall–Kier alpha value is -3.44. The van der Waals surface area contributed by atoms with Crippen LogP contribution >= 0.6 is 0 Å². The van der Waals surface area contributed by atoms with Gasteiger partial charge < -0.3 is 14.6 Å². The number of carbonyl (C=O) groups excluding carboxylic acids is 2. The lowest BCUT2D eigenvalue weighted by atomic mass is 10.1. The van der Waals surface area contributed by atoms with Crippen LogP contribution in [0.3, 0.4) is 0 Å². The van der Waals surface area contributed by atoms with Gasteiger partial charge in [-0.1, -0.05) is 175 Å².